The van der Waals surface area contributed by atoms with Crippen LogP contribution in [0.25, 0.3) is 0 Å². The molecule has 11 heteroatoms. The van der Waals surface area contributed by atoms with E-state index in [1.54, 1.807) is 30.8 Å². The van der Waals surface area contributed by atoms with Crippen LogP contribution in [0.3, 0.4) is 0 Å². The molecule has 1 atom stereocenters. The van der Waals surface area contributed by atoms with Crippen molar-refractivity contribution in [3.05, 3.63) is 67.7 Å². The van der Waals surface area contributed by atoms with Gasteiger partial charge < -0.3 is 0 Å². The van der Waals surface area contributed by atoms with Crippen LogP contribution in [0, 0.1) is 12.8 Å². The molecule has 1 saturated heterocycles. The molecule has 2 aliphatic rings. The topological polar surface area (TPSA) is 58.5 Å². The Morgan fingerprint density at radius 1 is 1.12 bits per heavy atom. The third-order valence-corrected chi connectivity index (χ3v) is 8.61. The SMILES string of the molecule is Cc1cc(C2=NCC(c3cc(Cl)c(Cl)c(Cl)c3)(C(F)(F)F)C2)ccc1C(=O)NC(=O)C1CSC1. The van der Waals surface area contributed by atoms with Crippen molar-refractivity contribution in [2.75, 3.05) is 18.1 Å². The molecular formula is C23H18Cl3F3N2O2S. The predicted octanol–water partition coefficient (Wildman–Crippen LogP) is 6.27. The Bertz CT molecular complexity index is 1190. The van der Waals surface area contributed by atoms with Gasteiger partial charge in [0.15, 0.2) is 0 Å². The lowest BCUT2D eigenvalue weighted by Crippen LogP contribution is -2.43. The van der Waals surface area contributed by atoms with Crippen molar-refractivity contribution in [3.63, 3.8) is 0 Å². The van der Waals surface area contributed by atoms with Gasteiger partial charge >= 0.3 is 6.18 Å². The number of thioether (sulfide) groups is 1. The summed E-state index contributed by atoms with van der Waals surface area (Å²) in [6.07, 6.45) is -5.05. The quantitative estimate of drug-likeness (QED) is 0.361. The van der Waals surface area contributed by atoms with E-state index in [-0.39, 0.29) is 43.7 Å². The normalized spacial score (nSPS) is 20.6. The summed E-state index contributed by atoms with van der Waals surface area (Å²) >= 11 is 19.6. The smallest absolute Gasteiger partial charge is 0.292 e. The average molecular weight is 550 g/mol. The van der Waals surface area contributed by atoms with Gasteiger partial charge in [-0.1, -0.05) is 40.9 Å². The highest BCUT2D eigenvalue weighted by Crippen LogP contribution is 2.49. The van der Waals surface area contributed by atoms with E-state index < -0.39 is 30.5 Å². The molecule has 0 saturated carbocycles. The standard InChI is InChI=1S/C23H18Cl3F3N2O2S/c1-11-4-12(2-3-15(11)21(33)31-20(32)13-8-34-9-13)18-7-22(10-30-18,23(27,28)29)14-5-16(24)19(26)17(25)6-14/h2-6,13H,7-10H2,1H3,(H,31,32,33). The molecule has 2 aliphatic heterocycles. The number of rotatable bonds is 4. The van der Waals surface area contributed by atoms with Crippen LogP contribution in [0.5, 0.6) is 0 Å². The number of aryl methyl sites for hydroxylation is 1. The molecular weight excluding hydrogens is 532 g/mol. The van der Waals surface area contributed by atoms with Crippen LogP contribution in [-0.4, -0.2) is 41.8 Å². The van der Waals surface area contributed by atoms with Crippen LogP contribution in [0.1, 0.15) is 33.5 Å². The number of aliphatic imine (C=N–C) groups is 1. The molecule has 1 N–H and O–H groups in total. The third kappa shape index (κ3) is 4.57. The Balaban J connectivity index is 1.59. The fourth-order valence-corrected chi connectivity index (χ4v) is 5.34. The number of alkyl halides is 3. The Morgan fingerprint density at radius 2 is 1.76 bits per heavy atom. The predicted molar refractivity (Wildman–Crippen MR) is 130 cm³/mol. The number of halogens is 6. The first-order valence-electron chi connectivity index (χ1n) is 10.2. The highest BCUT2D eigenvalue weighted by Gasteiger charge is 2.58. The van der Waals surface area contributed by atoms with Crippen LogP contribution in [-0.2, 0) is 10.2 Å². The molecule has 0 radical (unpaired) electrons. The van der Waals surface area contributed by atoms with Crippen LogP contribution < -0.4 is 5.32 Å². The van der Waals surface area contributed by atoms with Gasteiger partial charge in [-0.05, 0) is 47.9 Å². The largest absolute Gasteiger partial charge is 0.400 e. The summed E-state index contributed by atoms with van der Waals surface area (Å²) in [5, 5.41) is 2.25. The lowest BCUT2D eigenvalue weighted by atomic mass is 9.76. The number of carbonyl (C=O) groups is 2. The number of hydrogen-bond donors (Lipinski definition) is 1. The molecule has 1 fully saturated rings. The fourth-order valence-electron chi connectivity index (χ4n) is 3.97. The molecule has 4 rings (SSSR count). The Kier molecular flexibility index (Phi) is 6.99. The molecule has 2 heterocycles. The molecule has 2 aromatic carbocycles. The number of hydrogen-bond acceptors (Lipinski definition) is 4. The minimum absolute atomic E-state index is 0.0115. The van der Waals surface area contributed by atoms with Crippen molar-refractivity contribution >= 4 is 64.1 Å². The van der Waals surface area contributed by atoms with E-state index in [2.05, 4.69) is 10.3 Å². The highest BCUT2D eigenvalue weighted by molar-refractivity contribution is 8.00. The van der Waals surface area contributed by atoms with Crippen molar-refractivity contribution in [1.29, 1.82) is 0 Å². The number of amides is 2. The van der Waals surface area contributed by atoms with Crippen molar-refractivity contribution in [2.45, 2.75) is 24.9 Å². The Morgan fingerprint density at radius 3 is 2.29 bits per heavy atom. The highest BCUT2D eigenvalue weighted by atomic mass is 35.5. The zero-order valence-electron chi connectivity index (χ0n) is 17.7. The summed E-state index contributed by atoms with van der Waals surface area (Å²) in [6, 6.07) is 7.00. The van der Waals surface area contributed by atoms with Gasteiger partial charge in [0.1, 0.15) is 5.41 Å². The van der Waals surface area contributed by atoms with Crippen LogP contribution in [0.4, 0.5) is 13.2 Å². The van der Waals surface area contributed by atoms with E-state index >= 15 is 0 Å². The van der Waals surface area contributed by atoms with E-state index in [9.17, 15) is 22.8 Å². The van der Waals surface area contributed by atoms with E-state index in [1.165, 1.54) is 18.2 Å². The number of imide groups is 1. The van der Waals surface area contributed by atoms with Crippen molar-refractivity contribution in [3.8, 4) is 0 Å². The van der Waals surface area contributed by atoms with Crippen LogP contribution in [0.15, 0.2) is 35.3 Å². The minimum atomic E-state index is -4.63. The number of nitrogens with one attached hydrogen (secondary N) is 1. The zero-order valence-corrected chi connectivity index (χ0v) is 20.8. The van der Waals surface area contributed by atoms with Gasteiger partial charge in [-0.25, -0.2) is 0 Å². The lowest BCUT2D eigenvalue weighted by Gasteiger charge is -2.32. The summed E-state index contributed by atoms with van der Waals surface area (Å²) in [5.74, 6) is 0.341. The molecule has 2 amide bonds. The second-order valence-corrected chi connectivity index (χ2v) is 10.6. The molecule has 2 aromatic rings. The third-order valence-electron chi connectivity index (χ3n) is 6.14. The summed E-state index contributed by atoms with van der Waals surface area (Å²) in [5.41, 5.74) is -0.905. The molecule has 34 heavy (non-hydrogen) atoms. The van der Waals surface area contributed by atoms with E-state index in [1.807, 2.05) is 0 Å². The summed E-state index contributed by atoms with van der Waals surface area (Å²) in [4.78, 5) is 28.8. The maximum Gasteiger partial charge on any atom is 0.400 e. The summed E-state index contributed by atoms with van der Waals surface area (Å²) in [7, 11) is 0. The average Bonchev–Trinajstić information content (AvgIpc) is 3.17. The second kappa shape index (κ2) is 9.37. The maximum absolute atomic E-state index is 14.3. The fraction of sp³-hybridized carbons (Fsp3) is 0.348. The monoisotopic (exact) mass is 548 g/mol. The van der Waals surface area contributed by atoms with E-state index in [0.717, 1.165) is 0 Å². The molecule has 0 aromatic heterocycles. The molecule has 1 unspecified atom stereocenters. The molecule has 0 aliphatic carbocycles. The Hall–Kier alpha value is -1.74. The number of benzene rings is 2. The second-order valence-electron chi connectivity index (χ2n) is 8.36. The van der Waals surface area contributed by atoms with E-state index in [0.29, 0.717) is 22.6 Å². The van der Waals surface area contributed by atoms with Crippen LogP contribution in [0.2, 0.25) is 15.1 Å². The van der Waals surface area contributed by atoms with Gasteiger partial charge in [-0.2, -0.15) is 24.9 Å². The minimum Gasteiger partial charge on any atom is -0.292 e. The number of carbonyl (C=O) groups excluding carboxylic acids is 2. The first kappa shape index (κ1) is 25.4. The Labute approximate surface area is 213 Å². The number of nitrogens with zero attached hydrogens (tertiary/aromatic N) is 1. The maximum atomic E-state index is 14.3. The first-order valence-corrected chi connectivity index (χ1v) is 12.5. The van der Waals surface area contributed by atoms with Crippen molar-refractivity contribution < 1.29 is 22.8 Å². The summed E-state index contributed by atoms with van der Waals surface area (Å²) in [6.45, 7) is 1.13. The lowest BCUT2D eigenvalue weighted by molar-refractivity contribution is -0.183. The van der Waals surface area contributed by atoms with E-state index in [4.69, 9.17) is 34.8 Å². The molecule has 0 bridgehead atoms. The van der Waals surface area contributed by atoms with Gasteiger partial charge in [-0.15, -0.1) is 0 Å². The summed E-state index contributed by atoms with van der Waals surface area (Å²) < 4.78 is 43.0. The van der Waals surface area contributed by atoms with Gasteiger partial charge in [0.25, 0.3) is 5.91 Å². The van der Waals surface area contributed by atoms with Crippen molar-refractivity contribution in [2.24, 2.45) is 10.9 Å². The molecule has 180 valence electrons. The van der Waals surface area contributed by atoms with Gasteiger partial charge in [-0.3, -0.25) is 19.9 Å². The van der Waals surface area contributed by atoms with Gasteiger partial charge in [0.2, 0.25) is 5.91 Å². The zero-order chi connectivity index (χ0) is 24.8. The molecule has 0 spiro atoms. The van der Waals surface area contributed by atoms with Gasteiger partial charge in [0.05, 0.1) is 27.5 Å². The molecule has 4 nitrogen and oxygen atoms in total. The van der Waals surface area contributed by atoms with Crippen LogP contribution >= 0.6 is 46.6 Å². The first-order chi connectivity index (χ1) is 15.9. The van der Waals surface area contributed by atoms with Gasteiger partial charge in [0, 0.05) is 29.2 Å². The van der Waals surface area contributed by atoms with Crippen molar-refractivity contribution in [1.82, 2.24) is 5.32 Å².